The highest BCUT2D eigenvalue weighted by atomic mass is 16.4. The number of aliphatic carboxylic acids is 1. The maximum absolute atomic E-state index is 11.5. The van der Waals surface area contributed by atoms with Crippen LogP contribution in [0, 0.1) is 0 Å². The fourth-order valence-electron chi connectivity index (χ4n) is 6.05. The first-order valence-corrected chi connectivity index (χ1v) is 14.9. The van der Waals surface area contributed by atoms with Gasteiger partial charge in [-0.2, -0.15) is 0 Å². The Hall–Kier alpha value is -3.48. The predicted molar refractivity (Wildman–Crippen MR) is 161 cm³/mol. The van der Waals surface area contributed by atoms with Gasteiger partial charge < -0.3 is 10.1 Å². The lowest BCUT2D eigenvalue weighted by atomic mass is 9.96. The van der Waals surface area contributed by atoms with E-state index < -0.39 is 5.97 Å². The molecule has 0 saturated carbocycles. The highest BCUT2D eigenvalue weighted by Gasteiger charge is 2.26. The maximum Gasteiger partial charge on any atom is 0.304 e. The largest absolute Gasteiger partial charge is 0.481 e. The predicted octanol–water partition coefficient (Wildman–Crippen LogP) is 7.00. The Morgan fingerprint density at radius 1 is 0.900 bits per heavy atom. The number of carboxylic acid groups (broad SMARTS) is 1. The van der Waals surface area contributed by atoms with E-state index in [-0.39, 0.29) is 18.4 Å². The number of aromatic nitrogens is 2. The second kappa shape index (κ2) is 13.7. The van der Waals surface area contributed by atoms with Crippen LogP contribution in [0.3, 0.4) is 0 Å². The third-order valence-electron chi connectivity index (χ3n) is 8.19. The standard InChI is InChI=1S/C34H42N4O2/c1-2-3-4-7-16-29(24-32(39)40)34-35-30-18-17-26(23-31(30)36-34)25-37-19-21-38(22-20-37)33(27-12-8-5-9-13-27)28-14-10-6-11-15-28/h5-6,8-15,17-18,23,29,33H,2-4,7,16,19-22,24-25H2,1H3,(H,35,36)(H,39,40). The Balaban J connectivity index is 1.23. The fourth-order valence-corrected chi connectivity index (χ4v) is 6.05. The van der Waals surface area contributed by atoms with E-state index in [2.05, 4.69) is 101 Å². The number of nitrogens with zero attached hydrogens (tertiary/aromatic N) is 3. The van der Waals surface area contributed by atoms with Gasteiger partial charge in [0.05, 0.1) is 23.5 Å². The van der Waals surface area contributed by atoms with E-state index in [0.29, 0.717) is 0 Å². The van der Waals surface area contributed by atoms with Crippen LogP contribution < -0.4 is 0 Å². The number of hydrogen-bond acceptors (Lipinski definition) is 4. The van der Waals surface area contributed by atoms with E-state index in [1.807, 2.05) is 0 Å². The summed E-state index contributed by atoms with van der Waals surface area (Å²) in [6.45, 7) is 7.15. The molecule has 40 heavy (non-hydrogen) atoms. The molecular formula is C34H42N4O2. The number of aromatic amines is 1. The zero-order valence-corrected chi connectivity index (χ0v) is 23.6. The molecule has 0 aliphatic carbocycles. The van der Waals surface area contributed by atoms with Gasteiger partial charge in [0, 0.05) is 38.6 Å². The fraction of sp³-hybridized carbons (Fsp3) is 0.412. The minimum atomic E-state index is -0.762. The third-order valence-corrected chi connectivity index (χ3v) is 8.19. The lowest BCUT2D eigenvalue weighted by Gasteiger charge is -2.39. The van der Waals surface area contributed by atoms with E-state index in [9.17, 15) is 9.90 Å². The molecule has 5 rings (SSSR count). The molecule has 1 unspecified atom stereocenters. The topological polar surface area (TPSA) is 72.5 Å². The van der Waals surface area contributed by atoms with Crippen molar-refractivity contribution in [1.29, 1.82) is 0 Å². The first-order valence-electron chi connectivity index (χ1n) is 14.9. The number of benzene rings is 3. The summed E-state index contributed by atoms with van der Waals surface area (Å²) in [5, 5.41) is 9.48. The molecule has 0 bridgehead atoms. The van der Waals surface area contributed by atoms with Crippen molar-refractivity contribution in [2.45, 2.75) is 64.0 Å². The number of piperazine rings is 1. The van der Waals surface area contributed by atoms with Gasteiger partial charge in [0.25, 0.3) is 0 Å². The molecule has 1 aliphatic heterocycles. The van der Waals surface area contributed by atoms with Crippen LogP contribution in [0.2, 0.25) is 0 Å². The average Bonchev–Trinajstić information content (AvgIpc) is 3.40. The van der Waals surface area contributed by atoms with Crippen LogP contribution in [-0.2, 0) is 11.3 Å². The summed E-state index contributed by atoms with van der Waals surface area (Å²) in [7, 11) is 0. The second-order valence-electron chi connectivity index (χ2n) is 11.2. The van der Waals surface area contributed by atoms with Crippen molar-refractivity contribution in [3.63, 3.8) is 0 Å². The van der Waals surface area contributed by atoms with E-state index in [1.165, 1.54) is 29.5 Å². The number of fused-ring (bicyclic) bond motifs is 1. The van der Waals surface area contributed by atoms with Crippen molar-refractivity contribution in [1.82, 2.24) is 19.8 Å². The SMILES string of the molecule is CCCCCCC(CC(=O)O)c1nc2ccc(CN3CCN(C(c4ccccc4)c4ccccc4)CC3)cc2[nH]1. The number of nitrogens with one attached hydrogen (secondary N) is 1. The van der Waals surface area contributed by atoms with Gasteiger partial charge in [-0.15, -0.1) is 0 Å². The molecule has 0 spiro atoms. The molecule has 0 amide bonds. The van der Waals surface area contributed by atoms with E-state index >= 15 is 0 Å². The third kappa shape index (κ3) is 7.18. The monoisotopic (exact) mass is 538 g/mol. The molecule has 4 aromatic rings. The first kappa shape index (κ1) is 28.1. The van der Waals surface area contributed by atoms with Gasteiger partial charge in [0.2, 0.25) is 0 Å². The summed E-state index contributed by atoms with van der Waals surface area (Å²) in [6, 6.07) is 28.4. The number of hydrogen-bond donors (Lipinski definition) is 2. The smallest absolute Gasteiger partial charge is 0.304 e. The number of carboxylic acids is 1. The van der Waals surface area contributed by atoms with E-state index in [4.69, 9.17) is 4.98 Å². The summed E-state index contributed by atoms with van der Waals surface area (Å²) in [5.74, 6) is -0.0180. The molecule has 1 saturated heterocycles. The number of H-pyrrole nitrogens is 1. The number of carbonyl (C=O) groups is 1. The van der Waals surface area contributed by atoms with Crippen LogP contribution in [0.25, 0.3) is 11.0 Å². The first-order chi connectivity index (χ1) is 19.6. The summed E-state index contributed by atoms with van der Waals surface area (Å²) in [5.41, 5.74) is 5.87. The summed E-state index contributed by atoms with van der Waals surface area (Å²) < 4.78 is 0. The van der Waals surface area contributed by atoms with E-state index in [0.717, 1.165) is 68.8 Å². The van der Waals surface area contributed by atoms with Crippen LogP contribution in [0.5, 0.6) is 0 Å². The maximum atomic E-state index is 11.5. The molecule has 210 valence electrons. The van der Waals surface area contributed by atoms with Crippen LogP contribution >= 0.6 is 0 Å². The Kier molecular flexibility index (Phi) is 9.63. The molecule has 6 nitrogen and oxygen atoms in total. The van der Waals surface area contributed by atoms with Crippen molar-refractivity contribution in [3.05, 3.63) is 101 Å². The minimum Gasteiger partial charge on any atom is -0.481 e. The quantitative estimate of drug-likeness (QED) is 0.179. The molecule has 1 atom stereocenters. The number of unbranched alkanes of at least 4 members (excludes halogenated alkanes) is 3. The van der Waals surface area contributed by atoms with Crippen LogP contribution in [0.1, 0.15) is 79.9 Å². The molecule has 6 heteroatoms. The minimum absolute atomic E-state index is 0.0690. The van der Waals surface area contributed by atoms with Crippen LogP contribution in [0.4, 0.5) is 0 Å². The van der Waals surface area contributed by atoms with Crippen LogP contribution in [-0.4, -0.2) is 57.0 Å². The molecule has 2 heterocycles. The normalized spacial score (nSPS) is 15.6. The Bertz CT molecular complexity index is 1310. The molecule has 1 fully saturated rings. The molecule has 3 aromatic carbocycles. The summed E-state index contributed by atoms with van der Waals surface area (Å²) >= 11 is 0. The summed E-state index contributed by atoms with van der Waals surface area (Å²) in [4.78, 5) is 25.0. The highest BCUT2D eigenvalue weighted by molar-refractivity contribution is 5.76. The summed E-state index contributed by atoms with van der Waals surface area (Å²) in [6.07, 6.45) is 5.52. The lowest BCUT2D eigenvalue weighted by molar-refractivity contribution is -0.137. The van der Waals surface area contributed by atoms with Gasteiger partial charge in [-0.3, -0.25) is 14.6 Å². The van der Waals surface area contributed by atoms with Crippen molar-refractivity contribution in [2.75, 3.05) is 26.2 Å². The van der Waals surface area contributed by atoms with Gasteiger partial charge in [0.1, 0.15) is 5.82 Å². The highest BCUT2D eigenvalue weighted by Crippen LogP contribution is 2.30. The van der Waals surface area contributed by atoms with Gasteiger partial charge in [-0.25, -0.2) is 4.98 Å². The number of imidazole rings is 1. The Morgan fingerprint density at radius 2 is 1.57 bits per heavy atom. The van der Waals surface area contributed by atoms with Crippen molar-refractivity contribution >= 4 is 17.0 Å². The molecule has 0 radical (unpaired) electrons. The van der Waals surface area contributed by atoms with Gasteiger partial charge in [-0.05, 0) is 35.2 Å². The van der Waals surface area contributed by atoms with Crippen molar-refractivity contribution in [3.8, 4) is 0 Å². The van der Waals surface area contributed by atoms with Gasteiger partial charge in [-0.1, -0.05) is 99.3 Å². The van der Waals surface area contributed by atoms with Crippen molar-refractivity contribution < 1.29 is 9.90 Å². The number of rotatable bonds is 13. The molecule has 1 aliphatic rings. The van der Waals surface area contributed by atoms with Crippen LogP contribution in [0.15, 0.2) is 78.9 Å². The van der Waals surface area contributed by atoms with Gasteiger partial charge in [0.15, 0.2) is 0 Å². The van der Waals surface area contributed by atoms with Gasteiger partial charge >= 0.3 is 5.97 Å². The molecule has 1 aromatic heterocycles. The average molecular weight is 539 g/mol. The molecule has 2 N–H and O–H groups in total. The zero-order valence-electron chi connectivity index (χ0n) is 23.6. The Labute approximate surface area is 238 Å². The van der Waals surface area contributed by atoms with E-state index in [1.54, 1.807) is 0 Å². The Morgan fingerprint density at radius 3 is 2.20 bits per heavy atom. The van der Waals surface area contributed by atoms with Crippen molar-refractivity contribution in [2.24, 2.45) is 0 Å². The zero-order chi connectivity index (χ0) is 27.7. The lowest BCUT2D eigenvalue weighted by Crippen LogP contribution is -2.47. The molecular weight excluding hydrogens is 496 g/mol. The second-order valence-corrected chi connectivity index (χ2v) is 11.2.